The number of aryl methyl sites for hydroxylation is 1. The fourth-order valence-corrected chi connectivity index (χ4v) is 2.56. The third kappa shape index (κ3) is 3.78. The van der Waals surface area contributed by atoms with Crippen LogP contribution in [0.2, 0.25) is 15.2 Å². The lowest BCUT2D eigenvalue weighted by molar-refractivity contribution is -0.141. The summed E-state index contributed by atoms with van der Waals surface area (Å²) < 4.78 is 39.2. The van der Waals surface area contributed by atoms with Gasteiger partial charge in [-0.3, -0.25) is 0 Å². The van der Waals surface area contributed by atoms with E-state index in [0.717, 1.165) is 0 Å². The first kappa shape index (κ1) is 16.3. The molecule has 1 aromatic carbocycles. The van der Waals surface area contributed by atoms with Crippen molar-refractivity contribution in [3.63, 3.8) is 0 Å². The highest BCUT2D eigenvalue weighted by atomic mass is 35.5. The quantitative estimate of drug-likeness (QED) is 0.678. The van der Waals surface area contributed by atoms with Gasteiger partial charge in [-0.15, -0.1) is 0 Å². The molecule has 0 amide bonds. The smallest absolute Gasteiger partial charge is 0.228 e. The number of hydrogen-bond acceptors (Lipinski definition) is 2. The van der Waals surface area contributed by atoms with Crippen LogP contribution >= 0.6 is 34.8 Å². The van der Waals surface area contributed by atoms with Crippen molar-refractivity contribution in [2.45, 2.75) is 19.5 Å². The molecular formula is C13H8Cl3F3N2. The van der Waals surface area contributed by atoms with Crippen LogP contribution in [0.4, 0.5) is 13.2 Å². The highest BCUT2D eigenvalue weighted by molar-refractivity contribution is 6.35. The Morgan fingerprint density at radius 2 is 1.76 bits per heavy atom. The van der Waals surface area contributed by atoms with Gasteiger partial charge in [0.25, 0.3) is 0 Å². The summed E-state index contributed by atoms with van der Waals surface area (Å²) in [5, 5.41) is 0.416. The van der Waals surface area contributed by atoms with E-state index >= 15 is 0 Å². The summed E-state index contributed by atoms with van der Waals surface area (Å²) in [6.45, 7) is 1.35. The van der Waals surface area contributed by atoms with Crippen molar-refractivity contribution in [3.8, 4) is 0 Å². The first-order valence-electron chi connectivity index (χ1n) is 5.72. The minimum Gasteiger partial charge on any atom is -0.228 e. The van der Waals surface area contributed by atoms with Crippen molar-refractivity contribution in [1.82, 2.24) is 9.97 Å². The SMILES string of the molecule is Cc1nc(Cl)c(Cc2ccc(Cl)cc2Cl)c(C(F)(F)F)n1. The number of halogens is 6. The van der Waals surface area contributed by atoms with Gasteiger partial charge >= 0.3 is 6.18 Å². The van der Waals surface area contributed by atoms with Crippen molar-refractivity contribution >= 4 is 34.8 Å². The topological polar surface area (TPSA) is 25.8 Å². The number of aromatic nitrogens is 2. The predicted octanol–water partition coefficient (Wildman–Crippen LogP) is 5.35. The predicted molar refractivity (Wildman–Crippen MR) is 76.0 cm³/mol. The van der Waals surface area contributed by atoms with Gasteiger partial charge in [-0.05, 0) is 24.6 Å². The lowest BCUT2D eigenvalue weighted by Gasteiger charge is -2.14. The van der Waals surface area contributed by atoms with Crippen molar-refractivity contribution in [2.75, 3.05) is 0 Å². The van der Waals surface area contributed by atoms with Gasteiger partial charge < -0.3 is 0 Å². The fraction of sp³-hybridized carbons (Fsp3) is 0.231. The molecule has 1 aromatic heterocycles. The van der Waals surface area contributed by atoms with Crippen molar-refractivity contribution in [2.24, 2.45) is 0 Å². The van der Waals surface area contributed by atoms with E-state index in [-0.39, 0.29) is 28.0 Å². The Balaban J connectivity index is 2.53. The molecule has 0 bridgehead atoms. The molecule has 0 atom stereocenters. The molecule has 1 heterocycles. The molecule has 0 aliphatic rings. The Morgan fingerprint density at radius 1 is 1.10 bits per heavy atom. The zero-order valence-electron chi connectivity index (χ0n) is 10.6. The second-order valence-corrected chi connectivity index (χ2v) is 5.50. The van der Waals surface area contributed by atoms with Crippen molar-refractivity contribution in [1.29, 1.82) is 0 Å². The average Bonchev–Trinajstić information content (AvgIpc) is 2.33. The molecule has 21 heavy (non-hydrogen) atoms. The van der Waals surface area contributed by atoms with Crippen LogP contribution in [-0.4, -0.2) is 9.97 Å². The maximum atomic E-state index is 13.1. The Hall–Kier alpha value is -1.04. The first-order chi connectivity index (χ1) is 9.68. The molecule has 2 nitrogen and oxygen atoms in total. The maximum Gasteiger partial charge on any atom is 0.433 e. The summed E-state index contributed by atoms with van der Waals surface area (Å²) in [4.78, 5) is 7.24. The Bertz CT molecular complexity index is 687. The summed E-state index contributed by atoms with van der Waals surface area (Å²) in [6, 6.07) is 4.54. The second kappa shape index (κ2) is 5.99. The van der Waals surface area contributed by atoms with Gasteiger partial charge in [0.05, 0.1) is 0 Å². The molecule has 2 rings (SSSR count). The average molecular weight is 356 g/mol. The number of rotatable bonds is 2. The monoisotopic (exact) mass is 354 g/mol. The van der Waals surface area contributed by atoms with E-state index in [0.29, 0.717) is 10.6 Å². The van der Waals surface area contributed by atoms with Crippen molar-refractivity contribution < 1.29 is 13.2 Å². The zero-order valence-corrected chi connectivity index (χ0v) is 12.9. The van der Waals surface area contributed by atoms with Crippen molar-refractivity contribution in [3.05, 3.63) is 56.0 Å². The van der Waals surface area contributed by atoms with Crippen LogP contribution in [0.5, 0.6) is 0 Å². The van der Waals surface area contributed by atoms with E-state index in [2.05, 4.69) is 9.97 Å². The van der Waals surface area contributed by atoms with Crippen LogP contribution in [0.25, 0.3) is 0 Å². The number of nitrogens with zero attached hydrogens (tertiary/aromatic N) is 2. The molecule has 112 valence electrons. The van der Waals surface area contributed by atoms with E-state index in [1.54, 1.807) is 12.1 Å². The third-order valence-electron chi connectivity index (χ3n) is 2.72. The standard InChI is InChI=1S/C13H8Cl3F3N2/c1-6-20-11(13(17,18)19)9(12(16)21-6)4-7-2-3-8(14)5-10(7)15/h2-3,5H,4H2,1H3. The van der Waals surface area contributed by atoms with Crippen LogP contribution < -0.4 is 0 Å². The summed E-state index contributed by atoms with van der Waals surface area (Å²) in [5.41, 5.74) is -0.800. The van der Waals surface area contributed by atoms with Gasteiger partial charge in [0, 0.05) is 22.0 Å². The Kier molecular flexibility index (Phi) is 4.66. The lowest BCUT2D eigenvalue weighted by Crippen LogP contribution is -2.15. The van der Waals surface area contributed by atoms with Gasteiger partial charge in [0.1, 0.15) is 11.0 Å². The molecule has 0 fully saturated rings. The summed E-state index contributed by atoms with van der Waals surface area (Å²) in [7, 11) is 0. The molecule has 0 saturated heterocycles. The molecule has 2 aromatic rings. The highest BCUT2D eigenvalue weighted by Gasteiger charge is 2.37. The van der Waals surface area contributed by atoms with Crippen LogP contribution in [0, 0.1) is 6.92 Å². The lowest BCUT2D eigenvalue weighted by atomic mass is 10.0. The summed E-state index contributed by atoms with van der Waals surface area (Å²) in [5.74, 6) is -0.0433. The second-order valence-electron chi connectivity index (χ2n) is 4.30. The Labute approximate surface area is 133 Å². The molecule has 8 heteroatoms. The number of alkyl halides is 3. The first-order valence-corrected chi connectivity index (χ1v) is 6.86. The van der Waals surface area contributed by atoms with E-state index < -0.39 is 11.9 Å². The van der Waals surface area contributed by atoms with Crippen LogP contribution in [0.1, 0.15) is 22.6 Å². The molecule has 0 radical (unpaired) electrons. The van der Waals surface area contributed by atoms with Crippen LogP contribution in [0.3, 0.4) is 0 Å². The Morgan fingerprint density at radius 3 is 2.33 bits per heavy atom. The van der Waals surface area contributed by atoms with E-state index in [1.165, 1.54) is 13.0 Å². The minimum absolute atomic E-state index is 0.0433. The normalized spacial score (nSPS) is 11.8. The molecule has 0 N–H and O–H groups in total. The van der Waals surface area contributed by atoms with Crippen LogP contribution in [-0.2, 0) is 12.6 Å². The summed E-state index contributed by atoms with van der Waals surface area (Å²) in [6.07, 6.45) is -4.75. The van der Waals surface area contributed by atoms with E-state index in [1.807, 2.05) is 0 Å². The zero-order chi connectivity index (χ0) is 15.8. The fourth-order valence-electron chi connectivity index (χ4n) is 1.81. The molecule has 0 aliphatic heterocycles. The van der Waals surface area contributed by atoms with Gasteiger partial charge in [-0.2, -0.15) is 13.2 Å². The molecule has 0 unspecified atom stereocenters. The highest BCUT2D eigenvalue weighted by Crippen LogP contribution is 2.35. The van der Waals surface area contributed by atoms with Crippen LogP contribution in [0.15, 0.2) is 18.2 Å². The molecular weight excluding hydrogens is 348 g/mol. The molecule has 0 saturated carbocycles. The molecule has 0 spiro atoms. The van der Waals surface area contributed by atoms with Gasteiger partial charge in [-0.25, -0.2) is 9.97 Å². The van der Waals surface area contributed by atoms with Gasteiger partial charge in [0.15, 0.2) is 5.69 Å². The minimum atomic E-state index is -4.62. The van der Waals surface area contributed by atoms with E-state index in [9.17, 15) is 13.2 Å². The van der Waals surface area contributed by atoms with E-state index in [4.69, 9.17) is 34.8 Å². The molecule has 0 aliphatic carbocycles. The maximum absolute atomic E-state index is 13.1. The van der Waals surface area contributed by atoms with Gasteiger partial charge in [-0.1, -0.05) is 40.9 Å². The van der Waals surface area contributed by atoms with Gasteiger partial charge in [0.2, 0.25) is 0 Å². The largest absolute Gasteiger partial charge is 0.433 e. The number of hydrogen-bond donors (Lipinski definition) is 0. The number of benzene rings is 1. The summed E-state index contributed by atoms with van der Waals surface area (Å²) >= 11 is 17.6. The third-order valence-corrected chi connectivity index (χ3v) is 3.62.